The van der Waals surface area contributed by atoms with E-state index >= 15 is 0 Å². The second-order valence-electron chi connectivity index (χ2n) is 10.7. The highest BCUT2D eigenvalue weighted by Gasteiger charge is 2.24. The smallest absolute Gasteiger partial charge is 0.251 e. The Labute approximate surface area is 239 Å². The van der Waals surface area contributed by atoms with Gasteiger partial charge in [-0.1, -0.05) is 54.6 Å². The van der Waals surface area contributed by atoms with Crippen molar-refractivity contribution < 1.29 is 22.4 Å². The lowest BCUT2D eigenvalue weighted by molar-refractivity contribution is -0.118. The first-order chi connectivity index (χ1) is 19.4. The highest BCUT2D eigenvalue weighted by molar-refractivity contribution is 7.89. The lowest BCUT2D eigenvalue weighted by Crippen LogP contribution is -2.45. The largest absolute Gasteiger partial charge is 0.340 e. The molecular weight excluding hydrogens is 541 g/mol. The lowest BCUT2D eigenvalue weighted by Gasteiger charge is -2.21. The number of carbonyl (C=O) groups excluding carboxylic acids is 2. The van der Waals surface area contributed by atoms with Crippen molar-refractivity contribution >= 4 is 27.5 Å². The quantitative estimate of drug-likeness (QED) is 0.244. The molecule has 4 aromatic carbocycles. The van der Waals surface area contributed by atoms with Gasteiger partial charge in [-0.15, -0.1) is 0 Å². The average Bonchev–Trinajstić information content (AvgIpc) is 2.93. The van der Waals surface area contributed by atoms with E-state index in [-0.39, 0.29) is 16.9 Å². The number of hydrogen-bond acceptors (Lipinski definition) is 4. The summed E-state index contributed by atoms with van der Waals surface area (Å²) in [6.07, 6.45) is 0.190. The van der Waals surface area contributed by atoms with Gasteiger partial charge in [-0.05, 0) is 86.0 Å². The van der Waals surface area contributed by atoms with E-state index in [9.17, 15) is 22.4 Å². The molecule has 2 amide bonds. The van der Waals surface area contributed by atoms with E-state index in [0.717, 1.165) is 16.7 Å². The van der Waals surface area contributed by atoms with Crippen molar-refractivity contribution in [1.82, 2.24) is 10.0 Å². The monoisotopic (exact) mass is 573 g/mol. The number of halogens is 1. The fourth-order valence-corrected chi connectivity index (χ4v) is 5.58. The number of sulfonamides is 1. The number of nitrogens with one attached hydrogen (secondary N) is 3. The molecule has 3 N–H and O–H groups in total. The Kier molecular flexibility index (Phi) is 9.00. The second-order valence-corrected chi connectivity index (χ2v) is 12.4. The molecule has 0 fully saturated rings. The molecule has 4 aromatic rings. The van der Waals surface area contributed by atoms with Crippen molar-refractivity contribution in [2.75, 3.05) is 5.32 Å². The number of amides is 2. The van der Waals surface area contributed by atoms with Crippen molar-refractivity contribution in [3.05, 3.63) is 120 Å². The Bertz CT molecular complexity index is 1600. The van der Waals surface area contributed by atoms with Crippen molar-refractivity contribution in [1.29, 1.82) is 0 Å². The molecule has 212 valence electrons. The molecular formula is C32H32FN3O4S. The highest BCUT2D eigenvalue weighted by atomic mass is 32.2. The number of hydrogen-bond donors (Lipinski definition) is 3. The van der Waals surface area contributed by atoms with Crippen LogP contribution in [-0.2, 0) is 21.2 Å². The van der Waals surface area contributed by atoms with Crippen LogP contribution in [0.4, 0.5) is 10.1 Å². The van der Waals surface area contributed by atoms with Crippen LogP contribution in [0.25, 0.3) is 11.1 Å². The zero-order chi connectivity index (χ0) is 29.6. The second kappa shape index (κ2) is 12.4. The minimum atomic E-state index is -3.74. The van der Waals surface area contributed by atoms with Gasteiger partial charge in [0.25, 0.3) is 5.91 Å². The molecule has 41 heavy (non-hydrogen) atoms. The van der Waals surface area contributed by atoms with Crippen LogP contribution in [0.2, 0.25) is 0 Å². The van der Waals surface area contributed by atoms with E-state index < -0.39 is 39.2 Å². The normalized spacial score (nSPS) is 12.4. The Morgan fingerprint density at radius 3 is 1.95 bits per heavy atom. The summed E-state index contributed by atoms with van der Waals surface area (Å²) < 4.78 is 41.2. The molecule has 0 saturated carbocycles. The van der Waals surface area contributed by atoms with Gasteiger partial charge in [-0.2, -0.15) is 0 Å². The van der Waals surface area contributed by atoms with Gasteiger partial charge in [-0.25, -0.2) is 17.5 Å². The topological polar surface area (TPSA) is 104 Å². The van der Waals surface area contributed by atoms with Crippen molar-refractivity contribution in [3.8, 4) is 11.1 Å². The fraction of sp³-hybridized carbons (Fsp3) is 0.188. The van der Waals surface area contributed by atoms with Gasteiger partial charge < -0.3 is 10.6 Å². The molecule has 9 heteroatoms. The molecule has 0 saturated heterocycles. The first-order valence-corrected chi connectivity index (χ1v) is 14.5. The number of anilines is 1. The number of carbonyl (C=O) groups is 2. The van der Waals surface area contributed by atoms with E-state index in [4.69, 9.17) is 0 Å². The van der Waals surface area contributed by atoms with E-state index in [1.165, 1.54) is 48.5 Å². The Morgan fingerprint density at radius 1 is 0.780 bits per heavy atom. The van der Waals surface area contributed by atoms with E-state index in [1.807, 2.05) is 54.6 Å². The summed E-state index contributed by atoms with van der Waals surface area (Å²) in [5, 5.41) is 5.51. The predicted molar refractivity (Wildman–Crippen MR) is 158 cm³/mol. The summed E-state index contributed by atoms with van der Waals surface area (Å²) in [5.41, 5.74) is 2.82. The summed E-state index contributed by atoms with van der Waals surface area (Å²) in [5.74, 6) is -1.49. The zero-order valence-electron chi connectivity index (χ0n) is 23.0. The highest BCUT2D eigenvalue weighted by Crippen LogP contribution is 2.21. The molecule has 0 aliphatic heterocycles. The van der Waals surface area contributed by atoms with Crippen LogP contribution in [0, 0.1) is 5.82 Å². The van der Waals surface area contributed by atoms with Gasteiger partial charge in [0.2, 0.25) is 15.9 Å². The Hall–Kier alpha value is -4.34. The molecule has 1 unspecified atom stereocenters. The van der Waals surface area contributed by atoms with Crippen LogP contribution in [-0.4, -0.2) is 31.8 Å². The maximum atomic E-state index is 13.4. The van der Waals surface area contributed by atoms with Crippen LogP contribution in [0.3, 0.4) is 0 Å². The summed E-state index contributed by atoms with van der Waals surface area (Å²) in [6.45, 7) is 5.23. The third-order valence-electron chi connectivity index (χ3n) is 6.10. The van der Waals surface area contributed by atoms with Gasteiger partial charge in [0.15, 0.2) is 0 Å². The number of rotatable bonds is 9. The van der Waals surface area contributed by atoms with Crippen molar-refractivity contribution in [2.45, 2.75) is 43.7 Å². The molecule has 0 aromatic heterocycles. The maximum absolute atomic E-state index is 13.4. The van der Waals surface area contributed by atoms with Gasteiger partial charge in [0.1, 0.15) is 11.9 Å². The van der Waals surface area contributed by atoms with Gasteiger partial charge in [-0.3, -0.25) is 9.59 Å². The minimum Gasteiger partial charge on any atom is -0.340 e. The summed E-state index contributed by atoms with van der Waals surface area (Å²) in [4.78, 5) is 26.4. The van der Waals surface area contributed by atoms with Gasteiger partial charge >= 0.3 is 0 Å². The summed E-state index contributed by atoms with van der Waals surface area (Å²) in [6, 6.07) is 27.4. The standard InChI is InChI=1S/C32H32FN3O4S/c1-32(2,3)36-41(39,40)28-19-17-27(18-20-28)34-31(38)29(35-30(37)25-13-15-26(33)16-14-25)21-22-9-11-24(12-10-22)23-7-5-4-6-8-23/h4-20,29,36H,21H2,1-3H3,(H,34,38)(H,35,37). The molecule has 0 heterocycles. The van der Waals surface area contributed by atoms with Crippen LogP contribution in [0.5, 0.6) is 0 Å². The SMILES string of the molecule is CC(C)(C)NS(=O)(=O)c1ccc(NC(=O)C(Cc2ccc(-c3ccccc3)cc2)NC(=O)c2ccc(F)cc2)cc1. The Balaban J connectivity index is 1.53. The molecule has 0 bridgehead atoms. The van der Waals surface area contributed by atoms with Crippen molar-refractivity contribution in [3.63, 3.8) is 0 Å². The van der Waals surface area contributed by atoms with Crippen LogP contribution in [0.1, 0.15) is 36.7 Å². The van der Waals surface area contributed by atoms with E-state index in [2.05, 4.69) is 15.4 Å². The molecule has 7 nitrogen and oxygen atoms in total. The average molecular weight is 574 g/mol. The van der Waals surface area contributed by atoms with Crippen LogP contribution in [0.15, 0.2) is 108 Å². The van der Waals surface area contributed by atoms with Crippen LogP contribution >= 0.6 is 0 Å². The predicted octanol–water partition coefficient (Wildman–Crippen LogP) is 5.55. The fourth-order valence-electron chi connectivity index (χ4n) is 4.16. The lowest BCUT2D eigenvalue weighted by atomic mass is 10.00. The third kappa shape index (κ3) is 8.33. The first-order valence-electron chi connectivity index (χ1n) is 13.1. The summed E-state index contributed by atoms with van der Waals surface area (Å²) in [7, 11) is -3.74. The number of benzene rings is 4. The van der Waals surface area contributed by atoms with E-state index in [1.54, 1.807) is 20.8 Å². The van der Waals surface area contributed by atoms with Gasteiger partial charge in [0, 0.05) is 23.2 Å². The maximum Gasteiger partial charge on any atom is 0.251 e. The third-order valence-corrected chi connectivity index (χ3v) is 7.88. The zero-order valence-corrected chi connectivity index (χ0v) is 23.8. The molecule has 0 spiro atoms. The first kappa shape index (κ1) is 29.6. The summed E-state index contributed by atoms with van der Waals surface area (Å²) >= 11 is 0. The molecule has 4 rings (SSSR count). The van der Waals surface area contributed by atoms with Gasteiger partial charge in [0.05, 0.1) is 4.90 Å². The molecule has 0 radical (unpaired) electrons. The van der Waals surface area contributed by atoms with E-state index in [0.29, 0.717) is 5.69 Å². The van der Waals surface area contributed by atoms with Crippen LogP contribution < -0.4 is 15.4 Å². The Morgan fingerprint density at radius 2 is 1.37 bits per heavy atom. The van der Waals surface area contributed by atoms with Crippen molar-refractivity contribution in [2.24, 2.45) is 0 Å². The molecule has 0 aliphatic carbocycles. The molecule has 1 atom stereocenters. The molecule has 0 aliphatic rings. The minimum absolute atomic E-state index is 0.0603.